The Kier molecular flexibility index (Phi) is 25.7. The number of fused-ring (bicyclic) bond motifs is 6. The van der Waals surface area contributed by atoms with E-state index in [-0.39, 0.29) is 51.3 Å². The van der Waals surface area contributed by atoms with Crippen LogP contribution in [0.15, 0.2) is 240 Å². The quantitative estimate of drug-likeness (QED) is 0.0932. The van der Waals surface area contributed by atoms with Crippen LogP contribution in [0.1, 0.15) is 36.3 Å². The minimum absolute atomic E-state index is 0. The number of benzene rings is 5. The first kappa shape index (κ1) is 65.2. The number of pyridine rings is 7. The van der Waals surface area contributed by atoms with E-state index >= 15 is 0 Å². The molecule has 0 spiro atoms. The van der Waals surface area contributed by atoms with E-state index in [2.05, 4.69) is 77.4 Å². The summed E-state index contributed by atoms with van der Waals surface area (Å²) < 4.78 is 114. The standard InChI is InChI=1S/C17H12N2O.C17H11N2O.3C12H10N.CHF3O3S.2CH4O.2Ir/c2*1-11-8-9-13-12-5-4-6-14(15-7-2-3-10-18-15)16(12)20-17(13)19-11;3*1-10-7-8-12(13-9-10)11-5-3-2-4-6-11;2-1(3,4)8(5,6)7;2*1-2;;/h2-10H,1H3;2-5,7-10H,1H3;3*2-5,7-9H,1H3;(H,5,6,7);2*2H,1H3;;/q;4*-1;;;;;/p-1/i;;2*1D3;;;;;;. The molecule has 93 heavy (non-hydrogen) atoms. The van der Waals surface area contributed by atoms with Crippen molar-refractivity contribution in [3.05, 3.63) is 284 Å². The Balaban J connectivity index is 0.000000215. The minimum atomic E-state index is -6.09. The second-order valence-corrected chi connectivity index (χ2v) is 20.2. The molecule has 0 saturated heterocycles. The summed E-state index contributed by atoms with van der Waals surface area (Å²) in [6.45, 7) is 1.77. The molecule has 14 aromatic rings. The zero-order chi connectivity index (χ0) is 70.3. The predicted molar refractivity (Wildman–Crippen MR) is 350 cm³/mol. The number of aryl methyl sites for hydroxylation is 5. The molecular formula is C73H61F3Ir2N7O7S-5. The maximum atomic E-state index is 10.7. The molecule has 2 N–H and O–H groups in total. The van der Waals surface area contributed by atoms with Gasteiger partial charge in [-0.2, -0.15) is 13.2 Å². The molecule has 0 aliphatic carbocycles. The molecule has 14 nitrogen and oxygen atoms in total. The third-order valence-electron chi connectivity index (χ3n) is 12.5. The minimum Gasteiger partial charge on any atom is -0.741 e. The van der Waals surface area contributed by atoms with Crippen LogP contribution in [0.25, 0.3) is 100 Å². The van der Waals surface area contributed by atoms with E-state index in [1.807, 2.05) is 173 Å². The number of aliphatic hydroxyl groups is 2. The Hall–Kier alpha value is -9.33. The Labute approximate surface area is 573 Å². The van der Waals surface area contributed by atoms with Gasteiger partial charge in [0.25, 0.3) is 0 Å². The van der Waals surface area contributed by atoms with E-state index in [1.54, 1.807) is 48.8 Å². The average Bonchev–Trinajstić information content (AvgIpc) is 1.61. The fourth-order valence-electron chi connectivity index (χ4n) is 8.30. The summed E-state index contributed by atoms with van der Waals surface area (Å²) in [6.07, 6.45) is 8.22. The molecule has 0 atom stereocenters. The molecule has 0 fully saturated rings. The molecule has 480 valence electrons. The van der Waals surface area contributed by atoms with Gasteiger partial charge in [-0.1, -0.05) is 77.7 Å². The van der Waals surface area contributed by atoms with E-state index in [1.165, 1.54) is 18.0 Å². The van der Waals surface area contributed by atoms with Crippen LogP contribution in [-0.4, -0.2) is 77.8 Å². The van der Waals surface area contributed by atoms with Crippen molar-refractivity contribution in [1.82, 2.24) is 34.9 Å². The molecule has 9 heterocycles. The molecule has 5 aromatic carbocycles. The molecule has 9 aromatic heterocycles. The van der Waals surface area contributed by atoms with Crippen molar-refractivity contribution in [2.45, 2.75) is 40.0 Å². The van der Waals surface area contributed by atoms with Crippen molar-refractivity contribution in [2.24, 2.45) is 0 Å². The van der Waals surface area contributed by atoms with Gasteiger partial charge in [0.2, 0.25) is 11.4 Å². The molecule has 0 bridgehead atoms. The number of hydrogen-bond donors (Lipinski definition) is 2. The Morgan fingerprint density at radius 1 is 0.441 bits per heavy atom. The van der Waals surface area contributed by atoms with Gasteiger partial charge in [0.1, 0.15) is 5.58 Å². The van der Waals surface area contributed by atoms with Gasteiger partial charge in [0.05, 0.1) is 11.3 Å². The van der Waals surface area contributed by atoms with Crippen LogP contribution >= 0.6 is 0 Å². The van der Waals surface area contributed by atoms with E-state index in [0.717, 1.165) is 115 Å². The first-order chi connectivity index (χ1) is 46.4. The number of aromatic nitrogens is 7. The number of furan rings is 2. The van der Waals surface area contributed by atoms with Crippen LogP contribution in [0.5, 0.6) is 0 Å². The molecule has 14 rings (SSSR count). The largest absolute Gasteiger partial charge is 0.741 e. The third kappa shape index (κ3) is 21.1. The summed E-state index contributed by atoms with van der Waals surface area (Å²) in [6, 6.07) is 75.7. The van der Waals surface area contributed by atoms with Crippen molar-refractivity contribution in [2.75, 3.05) is 14.2 Å². The first-order valence-electron chi connectivity index (χ1n) is 30.4. The van der Waals surface area contributed by atoms with Gasteiger partial charge in [0, 0.05) is 127 Å². The topological polar surface area (TPSA) is 214 Å². The molecule has 0 aliphatic heterocycles. The fourth-order valence-corrected chi connectivity index (χ4v) is 8.30. The van der Waals surface area contributed by atoms with E-state index in [0.29, 0.717) is 11.4 Å². The summed E-state index contributed by atoms with van der Waals surface area (Å²) in [7, 11) is -4.09. The zero-order valence-electron chi connectivity index (χ0n) is 56.2. The van der Waals surface area contributed by atoms with Crippen LogP contribution in [0, 0.1) is 58.7 Å². The van der Waals surface area contributed by atoms with Crippen molar-refractivity contribution in [3.8, 4) is 56.3 Å². The van der Waals surface area contributed by atoms with Gasteiger partial charge in [0.15, 0.2) is 10.1 Å². The molecule has 0 saturated carbocycles. The Morgan fingerprint density at radius 2 is 0.860 bits per heavy atom. The molecule has 0 unspecified atom stereocenters. The van der Waals surface area contributed by atoms with Crippen molar-refractivity contribution >= 4 is 54.3 Å². The van der Waals surface area contributed by atoms with Crippen LogP contribution < -0.4 is 0 Å². The number of rotatable bonds is 5. The van der Waals surface area contributed by atoms with Crippen LogP contribution in [-0.2, 0) is 50.3 Å². The molecular weight excluding hydrogens is 1560 g/mol. The molecule has 20 heteroatoms. The predicted octanol–water partition coefficient (Wildman–Crippen LogP) is 16.3. The van der Waals surface area contributed by atoms with Crippen LogP contribution in [0.2, 0.25) is 0 Å². The summed E-state index contributed by atoms with van der Waals surface area (Å²) in [4.78, 5) is 30.3. The average molecular weight is 1630 g/mol. The summed E-state index contributed by atoms with van der Waals surface area (Å²) >= 11 is 0. The van der Waals surface area contributed by atoms with Gasteiger partial charge < -0.3 is 43.5 Å². The second kappa shape index (κ2) is 36.6. The normalized spacial score (nSPS) is 11.6. The van der Waals surface area contributed by atoms with Crippen molar-refractivity contribution in [3.63, 3.8) is 0 Å². The number of halogens is 3. The van der Waals surface area contributed by atoms with E-state index in [4.69, 9.17) is 40.2 Å². The number of hydrogen-bond acceptors (Lipinski definition) is 14. The maximum Gasteiger partial charge on any atom is 0.485 e. The maximum absolute atomic E-state index is 10.7. The Morgan fingerprint density at radius 3 is 1.25 bits per heavy atom. The summed E-state index contributed by atoms with van der Waals surface area (Å²) in [5, 5.41) is 18.2. The van der Waals surface area contributed by atoms with E-state index < -0.39 is 29.3 Å². The third-order valence-corrected chi connectivity index (χ3v) is 13.0. The van der Waals surface area contributed by atoms with Crippen LogP contribution in [0.3, 0.4) is 0 Å². The van der Waals surface area contributed by atoms with Gasteiger partial charge in [-0.25, -0.2) is 18.4 Å². The summed E-state index contributed by atoms with van der Waals surface area (Å²) in [5.41, 5.74) is 9.77. The summed E-state index contributed by atoms with van der Waals surface area (Å²) in [5.74, 6) is 0. The molecule has 0 amide bonds. The number of nitrogens with zero attached hydrogens (tertiary/aromatic N) is 7. The van der Waals surface area contributed by atoms with Crippen molar-refractivity contribution in [1.29, 1.82) is 0 Å². The number of aliphatic hydroxyl groups excluding tert-OH is 2. The fraction of sp³-hybridized carbons (Fsp3) is 0.110. The van der Waals surface area contributed by atoms with Crippen molar-refractivity contribution < 1.29 is 93.6 Å². The SMILES string of the molecule is CO.CO.Cc1ccc(-c2[c-]cccc2)nc1.Cc1ccc2c(n1)oc1c(-c3ccccn3)[c-]ccc12.Cc1ccc2c(n1)oc1c(-c3ccccn3)cccc12.O=S(=O)([O-])C(F)(F)F.[2H]C([2H])([2H])c1ccc(-c2[c-]cccc2)nc1.[2H]C([2H])([2H])c1ccc(-c2[c-]cccc2)nc1.[Ir].[Ir]. The molecule has 2 radical (unpaired) electrons. The zero-order valence-corrected chi connectivity index (χ0v) is 55.8. The van der Waals surface area contributed by atoms with Gasteiger partial charge in [-0.3, -0.25) is 4.98 Å². The van der Waals surface area contributed by atoms with Crippen LogP contribution in [0.4, 0.5) is 13.2 Å². The van der Waals surface area contributed by atoms with Gasteiger partial charge in [-0.15, -0.1) is 126 Å². The number of alkyl halides is 3. The smallest absolute Gasteiger partial charge is 0.485 e. The van der Waals surface area contributed by atoms with E-state index in [9.17, 15) is 13.2 Å². The first-order valence-corrected chi connectivity index (χ1v) is 28.8. The second-order valence-electron chi connectivity index (χ2n) is 18.8. The van der Waals surface area contributed by atoms with Gasteiger partial charge in [-0.05, 0) is 122 Å². The monoisotopic (exact) mass is 1630 g/mol. The Bertz CT molecular complexity index is 4620. The van der Waals surface area contributed by atoms with Gasteiger partial charge >= 0.3 is 5.51 Å². The number of para-hydroxylation sites is 1. The molecule has 0 aliphatic rings.